The summed E-state index contributed by atoms with van der Waals surface area (Å²) < 4.78 is 14.2. The van der Waals surface area contributed by atoms with Crippen molar-refractivity contribution in [1.82, 2.24) is 15.2 Å². The summed E-state index contributed by atoms with van der Waals surface area (Å²) in [6.07, 6.45) is 0. The van der Waals surface area contributed by atoms with Gasteiger partial charge in [0.2, 0.25) is 0 Å². The minimum atomic E-state index is -0.446. The molecule has 1 aromatic carbocycles. The normalized spacial score (nSPS) is 10.4. The van der Waals surface area contributed by atoms with Crippen molar-refractivity contribution in [1.29, 1.82) is 0 Å². The van der Waals surface area contributed by atoms with Crippen LogP contribution in [0.15, 0.2) is 23.0 Å². The average Bonchev–Trinajstić information content (AvgIpc) is 2.51. The van der Waals surface area contributed by atoms with Crippen LogP contribution in [0.5, 0.6) is 0 Å². The fourth-order valence-corrected chi connectivity index (χ4v) is 1.53. The molecule has 4 nitrogen and oxygen atoms in total. The van der Waals surface area contributed by atoms with Crippen LogP contribution < -0.4 is 5.69 Å². The van der Waals surface area contributed by atoms with Gasteiger partial charge >= 0.3 is 5.69 Å². The molecule has 1 heterocycles. The summed E-state index contributed by atoms with van der Waals surface area (Å²) in [6, 6.07) is 4.69. The predicted octanol–water partition coefficient (Wildman–Crippen LogP) is 1.51. The summed E-state index contributed by atoms with van der Waals surface area (Å²) in [7, 11) is 0. The third-order valence-electron chi connectivity index (χ3n) is 1.69. The van der Waals surface area contributed by atoms with Crippen molar-refractivity contribution < 1.29 is 4.39 Å². The molecule has 0 fully saturated rings. The number of rotatable bonds is 1. The van der Waals surface area contributed by atoms with E-state index in [0.717, 1.165) is 3.57 Å². The number of benzene rings is 1. The Bertz CT molecular complexity index is 519. The van der Waals surface area contributed by atoms with Crippen LogP contribution in [0, 0.1) is 9.39 Å². The lowest BCUT2D eigenvalue weighted by atomic mass is 10.2. The number of nitrogens with zero attached hydrogens (tertiary/aromatic N) is 1. The van der Waals surface area contributed by atoms with E-state index in [2.05, 4.69) is 15.2 Å². The monoisotopic (exact) mass is 305 g/mol. The lowest BCUT2D eigenvalue weighted by Crippen LogP contribution is -2.00. The van der Waals surface area contributed by atoms with Gasteiger partial charge in [-0.3, -0.25) is 4.98 Å². The van der Waals surface area contributed by atoms with Crippen molar-refractivity contribution >= 4 is 22.6 Å². The van der Waals surface area contributed by atoms with E-state index >= 15 is 0 Å². The standard InChI is InChI=1S/C8H5FIN3O/c9-6-3-4(10)1-2-5(6)7-11-8(14)13-12-7/h1-3H,(H2,11,12,13,14). The van der Waals surface area contributed by atoms with Crippen LogP contribution in [-0.2, 0) is 0 Å². The lowest BCUT2D eigenvalue weighted by molar-refractivity contribution is 0.629. The molecule has 0 spiro atoms. The summed E-state index contributed by atoms with van der Waals surface area (Å²) >= 11 is 2.01. The van der Waals surface area contributed by atoms with Crippen LogP contribution in [0.2, 0.25) is 0 Å². The van der Waals surface area contributed by atoms with E-state index in [1.54, 1.807) is 12.1 Å². The highest BCUT2D eigenvalue weighted by Gasteiger charge is 2.08. The van der Waals surface area contributed by atoms with Crippen molar-refractivity contribution in [2.75, 3.05) is 0 Å². The van der Waals surface area contributed by atoms with E-state index in [4.69, 9.17) is 0 Å². The van der Waals surface area contributed by atoms with Gasteiger partial charge in [-0.25, -0.2) is 14.3 Å². The molecule has 72 valence electrons. The second-order valence-corrected chi connectivity index (χ2v) is 3.90. The molecule has 0 unspecified atom stereocenters. The van der Waals surface area contributed by atoms with E-state index in [0.29, 0.717) is 0 Å². The molecule has 0 amide bonds. The second kappa shape index (κ2) is 3.52. The van der Waals surface area contributed by atoms with Gasteiger partial charge in [0.05, 0.1) is 5.56 Å². The molecule has 0 radical (unpaired) electrons. The van der Waals surface area contributed by atoms with E-state index < -0.39 is 11.5 Å². The molecule has 2 aromatic rings. The Morgan fingerprint density at radius 1 is 1.43 bits per heavy atom. The maximum absolute atomic E-state index is 13.4. The summed E-state index contributed by atoms with van der Waals surface area (Å²) in [6.45, 7) is 0. The Kier molecular flexibility index (Phi) is 2.36. The van der Waals surface area contributed by atoms with Crippen LogP contribution in [0.4, 0.5) is 4.39 Å². The first-order valence-corrected chi connectivity index (χ1v) is 4.85. The topological polar surface area (TPSA) is 61.5 Å². The van der Waals surface area contributed by atoms with Gasteiger partial charge in [-0.2, -0.15) is 5.10 Å². The molecule has 2 N–H and O–H groups in total. The summed E-state index contributed by atoms with van der Waals surface area (Å²) in [5.74, 6) is -0.191. The molecule has 0 aliphatic heterocycles. The highest BCUT2D eigenvalue weighted by Crippen LogP contribution is 2.19. The van der Waals surface area contributed by atoms with Crippen LogP contribution in [0.1, 0.15) is 0 Å². The van der Waals surface area contributed by atoms with Gasteiger partial charge in [0, 0.05) is 3.57 Å². The van der Waals surface area contributed by atoms with Crippen LogP contribution in [0.3, 0.4) is 0 Å². The molecular formula is C8H5FIN3O. The Morgan fingerprint density at radius 2 is 2.21 bits per heavy atom. The van der Waals surface area contributed by atoms with Crippen molar-refractivity contribution in [3.05, 3.63) is 38.1 Å². The number of hydrogen-bond donors (Lipinski definition) is 2. The van der Waals surface area contributed by atoms with Crippen LogP contribution >= 0.6 is 22.6 Å². The fraction of sp³-hybridized carbons (Fsp3) is 0. The first-order chi connectivity index (χ1) is 6.66. The van der Waals surface area contributed by atoms with Crippen LogP contribution in [-0.4, -0.2) is 15.2 Å². The largest absolute Gasteiger partial charge is 0.340 e. The zero-order valence-corrected chi connectivity index (χ0v) is 9.00. The summed E-state index contributed by atoms with van der Waals surface area (Å²) in [5, 5.41) is 5.82. The van der Waals surface area contributed by atoms with E-state index in [-0.39, 0.29) is 11.4 Å². The molecule has 14 heavy (non-hydrogen) atoms. The molecule has 0 aliphatic rings. The molecule has 6 heteroatoms. The van der Waals surface area contributed by atoms with Gasteiger partial charge in [0.25, 0.3) is 0 Å². The molecule has 0 saturated carbocycles. The van der Waals surface area contributed by atoms with Crippen molar-refractivity contribution in [3.63, 3.8) is 0 Å². The molecule has 0 bridgehead atoms. The maximum atomic E-state index is 13.4. The van der Waals surface area contributed by atoms with E-state index in [1.807, 2.05) is 22.6 Å². The predicted molar refractivity (Wildman–Crippen MR) is 57.3 cm³/mol. The Morgan fingerprint density at radius 3 is 2.79 bits per heavy atom. The van der Waals surface area contributed by atoms with Gasteiger partial charge in [0.15, 0.2) is 5.82 Å². The zero-order chi connectivity index (χ0) is 10.1. The number of aromatic amines is 2. The van der Waals surface area contributed by atoms with Gasteiger partial charge in [0.1, 0.15) is 5.82 Å². The zero-order valence-electron chi connectivity index (χ0n) is 6.84. The SMILES string of the molecule is O=c1[nH]nc(-c2ccc(I)cc2F)[nH]1. The van der Waals surface area contributed by atoms with Gasteiger partial charge in [-0.1, -0.05) is 0 Å². The molecule has 1 aromatic heterocycles. The summed E-state index contributed by atoms with van der Waals surface area (Å²) in [5.41, 5.74) is -0.165. The Balaban J connectivity index is 2.57. The van der Waals surface area contributed by atoms with Crippen molar-refractivity contribution in [2.45, 2.75) is 0 Å². The molecule has 0 atom stereocenters. The highest BCUT2D eigenvalue weighted by molar-refractivity contribution is 14.1. The summed E-state index contributed by atoms with van der Waals surface area (Å²) in [4.78, 5) is 13.1. The van der Waals surface area contributed by atoms with E-state index in [9.17, 15) is 9.18 Å². The quantitative estimate of drug-likeness (QED) is 0.785. The second-order valence-electron chi connectivity index (χ2n) is 2.65. The molecule has 2 rings (SSSR count). The number of halogens is 2. The van der Waals surface area contributed by atoms with E-state index in [1.165, 1.54) is 6.07 Å². The molecular weight excluding hydrogens is 300 g/mol. The maximum Gasteiger partial charge on any atom is 0.340 e. The van der Waals surface area contributed by atoms with Crippen LogP contribution in [0.25, 0.3) is 11.4 Å². The fourth-order valence-electron chi connectivity index (χ4n) is 1.08. The Labute approximate surface area is 91.7 Å². The van der Waals surface area contributed by atoms with Gasteiger partial charge < -0.3 is 0 Å². The first kappa shape index (κ1) is 9.38. The third-order valence-corrected chi connectivity index (χ3v) is 2.36. The minimum Gasteiger partial charge on any atom is -0.289 e. The first-order valence-electron chi connectivity index (χ1n) is 3.77. The van der Waals surface area contributed by atoms with Gasteiger partial charge in [-0.15, -0.1) is 0 Å². The number of nitrogens with one attached hydrogen (secondary N) is 2. The molecule has 0 saturated heterocycles. The smallest absolute Gasteiger partial charge is 0.289 e. The van der Waals surface area contributed by atoms with Gasteiger partial charge in [-0.05, 0) is 40.8 Å². The average molecular weight is 305 g/mol. The van der Waals surface area contributed by atoms with Crippen molar-refractivity contribution in [3.8, 4) is 11.4 Å². The third kappa shape index (κ3) is 1.69. The highest BCUT2D eigenvalue weighted by atomic mass is 127. The minimum absolute atomic E-state index is 0.212. The lowest BCUT2D eigenvalue weighted by Gasteiger charge is -1.98. The number of aromatic nitrogens is 3. The Hall–Kier alpha value is -1.18. The number of H-pyrrole nitrogens is 2. The van der Waals surface area contributed by atoms with Crippen molar-refractivity contribution in [2.24, 2.45) is 0 Å². The number of hydrogen-bond acceptors (Lipinski definition) is 2. The molecule has 0 aliphatic carbocycles.